The van der Waals surface area contributed by atoms with Crippen molar-refractivity contribution >= 4 is 113 Å². The number of hydrogen-bond acceptors (Lipinski definition) is 21. The number of nitriles is 2. The van der Waals surface area contributed by atoms with Crippen LogP contribution in [-0.4, -0.2) is 48.8 Å². The van der Waals surface area contributed by atoms with Crippen molar-refractivity contribution in [3.8, 4) is 23.3 Å². The number of anilines is 4. The van der Waals surface area contributed by atoms with Gasteiger partial charge in [-0.25, -0.2) is 30.2 Å². The van der Waals surface area contributed by atoms with Gasteiger partial charge in [0.25, 0.3) is 0 Å². The fraction of sp³-hybridized carbons (Fsp3) is 0.0227. The number of nitrogens with zero attached hydrogens (tertiary/aromatic N) is 8. The maximum absolute atomic E-state index is 12.4. The van der Waals surface area contributed by atoms with E-state index in [1.54, 1.807) is 18.2 Å². The summed E-state index contributed by atoms with van der Waals surface area (Å²) in [4.78, 5) is 13.4. The Morgan fingerprint density at radius 3 is 1.77 bits per heavy atom. The SMILES string of the molecule is Cc1c(C#N)c(Nc2ccc(S(=O)(=O)[O-])cc2)nc(Nc2ccc(S(=O)(=O)[O-])cc2)c1N=Nc1sc(N=Nc2cc(S(=O)(=O)[O-])c3cc([N+](=O)[O-])c[c-]c3c2)c(-c2ccc3ccccc3c2)c1C#N.[Li+].[Li+].[Li+].[Li+]. The smallest absolute Gasteiger partial charge is 0.745 e. The van der Waals surface area contributed by atoms with Crippen molar-refractivity contribution in [2.24, 2.45) is 20.5 Å². The molecule has 0 bridgehead atoms. The summed E-state index contributed by atoms with van der Waals surface area (Å²) in [5.41, 5.74) is 0.396. The van der Waals surface area contributed by atoms with Gasteiger partial charge in [0.2, 0.25) is 0 Å². The van der Waals surface area contributed by atoms with E-state index < -0.39 is 55.7 Å². The molecular weight excluding hydrogens is 1000 g/mol. The molecule has 0 unspecified atom stereocenters. The minimum atomic E-state index is -5.22. The number of fused-ring (bicyclic) bond motifs is 2. The van der Waals surface area contributed by atoms with Crippen molar-refractivity contribution in [2.75, 3.05) is 10.6 Å². The molecule has 2 aromatic heterocycles. The molecule has 0 atom stereocenters. The number of nitro groups is 1. The monoisotopic (exact) mass is 1020 g/mol. The van der Waals surface area contributed by atoms with Crippen molar-refractivity contribution in [3.63, 3.8) is 0 Å². The Balaban J connectivity index is 0.00000289. The minimum Gasteiger partial charge on any atom is -0.745 e. The van der Waals surface area contributed by atoms with Crippen LogP contribution in [0.25, 0.3) is 32.7 Å². The van der Waals surface area contributed by atoms with E-state index in [1.165, 1.54) is 37.3 Å². The topological polar surface area (TPSA) is 349 Å². The predicted octanol–water partition coefficient (Wildman–Crippen LogP) is -2.08. The van der Waals surface area contributed by atoms with Crippen molar-refractivity contribution in [2.45, 2.75) is 21.6 Å². The second-order valence-electron chi connectivity index (χ2n) is 14.5. The summed E-state index contributed by atoms with van der Waals surface area (Å²) >= 11 is 0.829. The first-order valence-electron chi connectivity index (χ1n) is 19.3. The van der Waals surface area contributed by atoms with E-state index in [2.05, 4.69) is 48.2 Å². The maximum Gasteiger partial charge on any atom is 1.00 e. The van der Waals surface area contributed by atoms with Crippen LogP contribution in [0.1, 0.15) is 16.7 Å². The van der Waals surface area contributed by atoms with E-state index in [9.17, 15) is 59.5 Å². The summed E-state index contributed by atoms with van der Waals surface area (Å²) in [6.07, 6.45) is 0. The number of non-ortho nitro benzene ring substituents is 1. The first-order valence-corrected chi connectivity index (χ1v) is 24.4. The molecule has 29 heteroatoms. The third-order valence-electron chi connectivity index (χ3n) is 10.1. The Morgan fingerprint density at radius 2 is 1.22 bits per heavy atom. The third kappa shape index (κ3) is 13.2. The van der Waals surface area contributed by atoms with Gasteiger partial charge in [-0.15, -0.1) is 32.9 Å². The summed E-state index contributed by atoms with van der Waals surface area (Å²) in [5.74, 6) is -0.179. The van der Waals surface area contributed by atoms with Gasteiger partial charge < -0.3 is 24.3 Å². The van der Waals surface area contributed by atoms with Crippen molar-refractivity contribution in [1.29, 1.82) is 10.5 Å². The Morgan fingerprint density at radius 1 is 0.658 bits per heavy atom. The van der Waals surface area contributed by atoms with Crippen LogP contribution >= 0.6 is 11.3 Å². The molecule has 344 valence electrons. The molecule has 2 N–H and O–H groups in total. The van der Waals surface area contributed by atoms with E-state index >= 15 is 0 Å². The Bertz CT molecular complexity index is 3970. The number of hydrogen-bond donors (Lipinski definition) is 2. The molecule has 0 aliphatic carbocycles. The van der Waals surface area contributed by atoms with E-state index in [0.29, 0.717) is 5.56 Å². The van der Waals surface area contributed by atoms with Crippen LogP contribution in [0.3, 0.4) is 0 Å². The zero-order valence-corrected chi connectivity index (χ0v) is 41.9. The summed E-state index contributed by atoms with van der Waals surface area (Å²) in [7, 11) is -14.8. The molecule has 0 saturated heterocycles. The number of aromatic nitrogens is 1. The normalized spacial score (nSPS) is 11.4. The number of thiophene rings is 1. The minimum absolute atomic E-state index is 0. The second-order valence-corrected chi connectivity index (χ2v) is 19.6. The van der Waals surface area contributed by atoms with Crippen LogP contribution in [0.4, 0.5) is 50.1 Å². The van der Waals surface area contributed by atoms with Crippen LogP contribution < -0.4 is 86.1 Å². The predicted molar refractivity (Wildman–Crippen MR) is 247 cm³/mol. The molecule has 0 amide bonds. The first kappa shape index (κ1) is 59.6. The van der Waals surface area contributed by atoms with Crippen LogP contribution in [0.5, 0.6) is 0 Å². The molecule has 8 aromatic rings. The number of rotatable bonds is 13. The average Bonchev–Trinajstić information content (AvgIpc) is 3.66. The van der Waals surface area contributed by atoms with Crippen LogP contribution in [0.15, 0.2) is 150 Å². The van der Waals surface area contributed by atoms with Gasteiger partial charge >= 0.3 is 75.4 Å². The molecule has 2 heterocycles. The molecule has 0 aliphatic heterocycles. The quantitative estimate of drug-likeness (QED) is 0.0313. The molecule has 6 aromatic carbocycles. The van der Waals surface area contributed by atoms with Crippen molar-refractivity contribution in [1.82, 2.24) is 4.98 Å². The largest absolute Gasteiger partial charge is 1.00 e. The second kappa shape index (κ2) is 23.9. The van der Waals surface area contributed by atoms with E-state index in [4.69, 9.17) is 0 Å². The Labute approximate surface area is 468 Å². The fourth-order valence-corrected chi connectivity index (χ4v) is 9.43. The molecule has 0 fully saturated rings. The van der Waals surface area contributed by atoms with Gasteiger partial charge in [-0.2, -0.15) is 15.6 Å². The first-order chi connectivity index (χ1) is 32.7. The van der Waals surface area contributed by atoms with Gasteiger partial charge in [-0.3, -0.25) is 10.1 Å². The summed E-state index contributed by atoms with van der Waals surface area (Å²) < 4.78 is 107. The molecule has 21 nitrogen and oxygen atoms in total. The zero-order valence-electron chi connectivity index (χ0n) is 38.7. The Kier molecular flexibility index (Phi) is 19.5. The number of nitrogens with one attached hydrogen (secondary N) is 2. The summed E-state index contributed by atoms with van der Waals surface area (Å²) in [6, 6.07) is 32.9. The van der Waals surface area contributed by atoms with Crippen LogP contribution in [0, 0.1) is 45.8 Å². The third-order valence-corrected chi connectivity index (χ3v) is 13.7. The van der Waals surface area contributed by atoms with Crippen molar-refractivity contribution < 1.29 is 119 Å². The zero-order chi connectivity index (χ0) is 49.4. The Hall–Kier alpha value is -6.01. The van der Waals surface area contributed by atoms with Gasteiger partial charge in [0.1, 0.15) is 58.7 Å². The number of azo groups is 2. The number of nitro benzene ring substituents is 1. The average molecular weight is 1020 g/mol. The molecule has 0 spiro atoms. The van der Waals surface area contributed by atoms with Crippen molar-refractivity contribution in [3.05, 3.63) is 148 Å². The van der Waals surface area contributed by atoms with Crippen LogP contribution in [0.2, 0.25) is 0 Å². The molecule has 73 heavy (non-hydrogen) atoms. The molecule has 8 rings (SSSR count). The molecule has 0 radical (unpaired) electrons. The maximum atomic E-state index is 12.4. The molecular formula is C44H24Li4N10O11S4. The fourth-order valence-electron chi connectivity index (χ4n) is 6.87. The van der Waals surface area contributed by atoms with E-state index in [0.717, 1.165) is 64.6 Å². The molecule has 0 aliphatic rings. The summed E-state index contributed by atoms with van der Waals surface area (Å²) in [5, 5.41) is 57.3. The summed E-state index contributed by atoms with van der Waals surface area (Å²) in [6.45, 7) is 1.50. The van der Waals surface area contributed by atoms with Gasteiger partial charge in [0, 0.05) is 38.0 Å². The van der Waals surface area contributed by atoms with E-state index in [-0.39, 0.29) is 153 Å². The van der Waals surface area contributed by atoms with E-state index in [1.807, 2.05) is 30.3 Å². The van der Waals surface area contributed by atoms with Crippen LogP contribution in [-0.2, 0) is 30.4 Å². The number of pyridine rings is 1. The van der Waals surface area contributed by atoms with Gasteiger partial charge in [-0.1, -0.05) is 65.3 Å². The number of benzene rings is 6. The van der Waals surface area contributed by atoms with Gasteiger partial charge in [0.05, 0.1) is 15.4 Å². The standard InChI is InChI=1S/C44H27N10O11S4.4Li/c1-24-36(22-45)41(47-29-9-14-33(15-10-29)67(57,58)59)49-42(48-30-11-16-34(17-12-30)68(60,61)62)40(24)51-52-43-37(23-46)39(28-7-6-25-4-2-3-5-26(25)18-28)44(66-43)53-50-31-19-27-8-13-32(54(55)56)21-35(27)38(20-31)69(63,64)65;;;;/h2-7,9-21H,1H3,(H2,47,48,49)(H,57,58,59)(H,60,61,62)(H,63,64,65);;;;/q-1;4*+1/p-3. The molecule has 0 saturated carbocycles. The van der Waals surface area contributed by atoms with Gasteiger partial charge in [-0.05, 0) is 83.9 Å². The van der Waals surface area contributed by atoms with Gasteiger partial charge in [0.15, 0.2) is 22.3 Å².